The van der Waals surface area contributed by atoms with Gasteiger partial charge in [-0.1, -0.05) is 18.2 Å². The molecule has 0 aliphatic rings. The van der Waals surface area contributed by atoms with Crippen LogP contribution in [0.4, 0.5) is 22.9 Å². The van der Waals surface area contributed by atoms with Crippen molar-refractivity contribution < 1.29 is 8.42 Å². The number of nitrogens with one attached hydrogen (secondary N) is 2. The number of pyridine rings is 1. The van der Waals surface area contributed by atoms with E-state index in [9.17, 15) is 8.42 Å². The van der Waals surface area contributed by atoms with Crippen molar-refractivity contribution in [2.45, 2.75) is 18.7 Å². The molecule has 146 valence electrons. The highest BCUT2D eigenvalue weighted by Gasteiger charge is 2.13. The molecule has 3 aromatic rings. The maximum Gasteiger partial charge on any atom is 0.261 e. The van der Waals surface area contributed by atoms with E-state index >= 15 is 0 Å². The zero-order chi connectivity index (χ0) is 20.0. The van der Waals surface area contributed by atoms with Gasteiger partial charge in [-0.05, 0) is 62.4 Å². The number of rotatable bonds is 8. The Labute approximate surface area is 166 Å². The molecule has 0 saturated carbocycles. The van der Waals surface area contributed by atoms with Gasteiger partial charge in [-0.3, -0.25) is 4.72 Å². The summed E-state index contributed by atoms with van der Waals surface area (Å²) in [5.41, 5.74) is 2.50. The molecule has 1 aromatic heterocycles. The summed E-state index contributed by atoms with van der Waals surface area (Å²) in [6.45, 7) is 6.19. The molecule has 0 unspecified atom stereocenters. The number of hydrogen-bond donors (Lipinski definition) is 2. The average Bonchev–Trinajstić information content (AvgIpc) is 2.72. The fraction of sp³-hybridized carbons (Fsp3) is 0.190. The summed E-state index contributed by atoms with van der Waals surface area (Å²) in [7, 11) is -3.62. The first-order chi connectivity index (χ1) is 13.5. The molecule has 28 heavy (non-hydrogen) atoms. The molecular formula is C21H24N4O2S. The van der Waals surface area contributed by atoms with Crippen LogP contribution in [0.1, 0.15) is 13.8 Å². The van der Waals surface area contributed by atoms with Crippen molar-refractivity contribution >= 4 is 32.9 Å². The molecule has 1 heterocycles. The highest BCUT2D eigenvalue weighted by molar-refractivity contribution is 7.92. The van der Waals surface area contributed by atoms with E-state index in [0.29, 0.717) is 11.5 Å². The highest BCUT2D eigenvalue weighted by atomic mass is 32.2. The molecule has 0 fully saturated rings. The molecule has 3 rings (SSSR count). The van der Waals surface area contributed by atoms with E-state index in [-0.39, 0.29) is 4.90 Å². The van der Waals surface area contributed by atoms with Crippen molar-refractivity contribution in [3.63, 3.8) is 0 Å². The Morgan fingerprint density at radius 1 is 0.857 bits per heavy atom. The van der Waals surface area contributed by atoms with E-state index in [4.69, 9.17) is 0 Å². The van der Waals surface area contributed by atoms with Gasteiger partial charge in [0.2, 0.25) is 0 Å². The van der Waals surface area contributed by atoms with Crippen molar-refractivity contribution in [1.29, 1.82) is 0 Å². The standard InChI is InChI=1S/C21H24N4O2S/c1-3-25(4-2)19-13-10-17(11-14-19)23-21-15-12-18(16-22-21)24-28(26,27)20-8-6-5-7-9-20/h5-16,24H,3-4H2,1-2H3,(H,22,23). The molecule has 0 spiro atoms. The zero-order valence-corrected chi connectivity index (χ0v) is 16.8. The van der Waals surface area contributed by atoms with Gasteiger partial charge in [0, 0.05) is 24.5 Å². The van der Waals surface area contributed by atoms with Gasteiger partial charge < -0.3 is 10.2 Å². The van der Waals surface area contributed by atoms with Crippen LogP contribution in [0.5, 0.6) is 0 Å². The third-order valence-corrected chi connectivity index (χ3v) is 5.73. The largest absolute Gasteiger partial charge is 0.372 e. The van der Waals surface area contributed by atoms with Crippen LogP contribution in [-0.2, 0) is 10.0 Å². The summed E-state index contributed by atoms with van der Waals surface area (Å²) in [5.74, 6) is 0.637. The minimum atomic E-state index is -3.62. The average molecular weight is 397 g/mol. The number of aromatic nitrogens is 1. The first-order valence-electron chi connectivity index (χ1n) is 9.18. The molecule has 0 aliphatic carbocycles. The molecule has 0 bridgehead atoms. The molecule has 0 aliphatic heterocycles. The summed E-state index contributed by atoms with van der Waals surface area (Å²) in [6, 6.07) is 19.8. The van der Waals surface area contributed by atoms with Gasteiger partial charge >= 0.3 is 0 Å². The van der Waals surface area contributed by atoms with Gasteiger partial charge in [-0.25, -0.2) is 13.4 Å². The van der Waals surface area contributed by atoms with Gasteiger partial charge in [0.25, 0.3) is 10.0 Å². The van der Waals surface area contributed by atoms with E-state index in [2.05, 4.69) is 45.9 Å². The highest BCUT2D eigenvalue weighted by Crippen LogP contribution is 2.21. The minimum absolute atomic E-state index is 0.213. The lowest BCUT2D eigenvalue weighted by molar-refractivity contribution is 0.601. The van der Waals surface area contributed by atoms with Crippen LogP contribution >= 0.6 is 0 Å². The van der Waals surface area contributed by atoms with Gasteiger partial charge in [-0.2, -0.15) is 0 Å². The van der Waals surface area contributed by atoms with Crippen molar-refractivity contribution in [1.82, 2.24) is 4.98 Å². The Bertz CT molecular complexity index is 985. The van der Waals surface area contributed by atoms with Gasteiger partial charge in [-0.15, -0.1) is 0 Å². The number of anilines is 4. The van der Waals surface area contributed by atoms with E-state index < -0.39 is 10.0 Å². The van der Waals surface area contributed by atoms with Crippen LogP contribution in [-0.4, -0.2) is 26.5 Å². The predicted octanol–water partition coefficient (Wildman–Crippen LogP) is 4.47. The number of nitrogens with zero attached hydrogens (tertiary/aromatic N) is 2. The second kappa shape index (κ2) is 8.75. The molecule has 0 amide bonds. The first kappa shape index (κ1) is 19.7. The van der Waals surface area contributed by atoms with E-state index in [1.165, 1.54) is 11.9 Å². The molecule has 0 saturated heterocycles. The van der Waals surface area contributed by atoms with Crippen LogP contribution in [0, 0.1) is 0 Å². The quantitative estimate of drug-likeness (QED) is 0.587. The Morgan fingerprint density at radius 3 is 2.07 bits per heavy atom. The van der Waals surface area contributed by atoms with E-state index in [1.807, 2.05) is 12.1 Å². The third kappa shape index (κ3) is 4.80. The monoisotopic (exact) mass is 396 g/mol. The summed E-state index contributed by atoms with van der Waals surface area (Å²) in [5, 5.41) is 3.22. The van der Waals surface area contributed by atoms with Crippen molar-refractivity contribution in [3.05, 3.63) is 72.9 Å². The fourth-order valence-corrected chi connectivity index (χ4v) is 3.90. The van der Waals surface area contributed by atoms with Crippen molar-refractivity contribution in [2.24, 2.45) is 0 Å². The van der Waals surface area contributed by atoms with E-state index in [1.54, 1.807) is 42.5 Å². The molecule has 0 atom stereocenters. The Balaban J connectivity index is 1.66. The number of hydrogen-bond acceptors (Lipinski definition) is 5. The second-order valence-electron chi connectivity index (χ2n) is 6.19. The first-order valence-corrected chi connectivity index (χ1v) is 10.7. The third-order valence-electron chi connectivity index (χ3n) is 4.34. The molecule has 0 radical (unpaired) electrons. The smallest absolute Gasteiger partial charge is 0.261 e. The van der Waals surface area contributed by atoms with Crippen LogP contribution in [0.15, 0.2) is 77.8 Å². The summed E-state index contributed by atoms with van der Waals surface area (Å²) in [6.07, 6.45) is 1.49. The van der Waals surface area contributed by atoms with Crippen molar-refractivity contribution in [3.8, 4) is 0 Å². The molecule has 2 N–H and O–H groups in total. The lowest BCUT2D eigenvalue weighted by Crippen LogP contribution is -2.21. The Kier molecular flexibility index (Phi) is 6.16. The van der Waals surface area contributed by atoms with E-state index in [0.717, 1.165) is 18.8 Å². The lowest BCUT2D eigenvalue weighted by atomic mass is 10.2. The molecule has 6 nitrogen and oxygen atoms in total. The van der Waals surface area contributed by atoms with Crippen molar-refractivity contribution in [2.75, 3.05) is 28.0 Å². The Morgan fingerprint density at radius 2 is 1.50 bits per heavy atom. The van der Waals surface area contributed by atoms with Crippen LogP contribution in [0.3, 0.4) is 0 Å². The lowest BCUT2D eigenvalue weighted by Gasteiger charge is -2.21. The Hall–Kier alpha value is -3.06. The SMILES string of the molecule is CCN(CC)c1ccc(Nc2ccc(NS(=O)(=O)c3ccccc3)cn2)cc1. The number of sulfonamides is 1. The summed E-state index contributed by atoms with van der Waals surface area (Å²) in [4.78, 5) is 6.78. The normalized spacial score (nSPS) is 11.1. The maximum absolute atomic E-state index is 12.4. The van der Waals surface area contributed by atoms with Gasteiger partial charge in [0.15, 0.2) is 0 Å². The molecular weight excluding hydrogens is 372 g/mol. The minimum Gasteiger partial charge on any atom is -0.372 e. The van der Waals surface area contributed by atoms with Crippen LogP contribution in [0.2, 0.25) is 0 Å². The molecule has 7 heteroatoms. The zero-order valence-electron chi connectivity index (χ0n) is 16.0. The van der Waals surface area contributed by atoms with Gasteiger partial charge in [0.1, 0.15) is 5.82 Å². The van der Waals surface area contributed by atoms with Crippen LogP contribution in [0.25, 0.3) is 0 Å². The fourth-order valence-electron chi connectivity index (χ4n) is 2.83. The molecule has 2 aromatic carbocycles. The number of benzene rings is 2. The summed E-state index contributed by atoms with van der Waals surface area (Å²) < 4.78 is 27.2. The van der Waals surface area contributed by atoms with Crippen LogP contribution < -0.4 is 14.9 Å². The summed E-state index contributed by atoms with van der Waals surface area (Å²) >= 11 is 0. The van der Waals surface area contributed by atoms with Gasteiger partial charge in [0.05, 0.1) is 16.8 Å². The maximum atomic E-state index is 12.4. The topological polar surface area (TPSA) is 74.3 Å². The predicted molar refractivity (Wildman–Crippen MR) is 115 cm³/mol. The second-order valence-corrected chi connectivity index (χ2v) is 7.88.